The van der Waals surface area contributed by atoms with Crippen molar-refractivity contribution in [3.05, 3.63) is 29.3 Å². The molecule has 0 aliphatic carbocycles. The van der Waals surface area contributed by atoms with Gasteiger partial charge in [-0.05, 0) is 44.4 Å². The molecule has 4 heteroatoms. The van der Waals surface area contributed by atoms with Gasteiger partial charge in [-0.2, -0.15) is 0 Å². The fourth-order valence-electron chi connectivity index (χ4n) is 2.78. The van der Waals surface area contributed by atoms with Gasteiger partial charge < -0.3 is 15.5 Å². The molecule has 1 atom stereocenters. The van der Waals surface area contributed by atoms with Crippen LogP contribution in [0.2, 0.25) is 0 Å². The summed E-state index contributed by atoms with van der Waals surface area (Å²) in [6.07, 6.45) is 1.34. The minimum absolute atomic E-state index is 0.102. The molecule has 1 unspecified atom stereocenters. The van der Waals surface area contributed by atoms with E-state index >= 15 is 0 Å². The van der Waals surface area contributed by atoms with E-state index in [1.165, 1.54) is 16.8 Å². The predicted molar refractivity (Wildman–Crippen MR) is 87.6 cm³/mol. The Bertz CT molecular complexity index is 491. The molecular weight excluding hydrogens is 262 g/mol. The number of nitrogens with two attached hydrogens (primary N) is 1. The number of benzene rings is 1. The maximum Gasteiger partial charge on any atom is 0.222 e. The van der Waals surface area contributed by atoms with Gasteiger partial charge in [0.25, 0.3) is 0 Å². The van der Waals surface area contributed by atoms with Crippen molar-refractivity contribution < 1.29 is 4.79 Å². The lowest BCUT2D eigenvalue weighted by molar-refractivity contribution is -0.131. The third kappa shape index (κ3) is 3.97. The summed E-state index contributed by atoms with van der Waals surface area (Å²) in [5.41, 5.74) is 9.69. The Morgan fingerprint density at radius 3 is 2.52 bits per heavy atom. The van der Waals surface area contributed by atoms with Crippen LogP contribution in [0, 0.1) is 13.8 Å². The van der Waals surface area contributed by atoms with E-state index in [0.717, 1.165) is 32.6 Å². The van der Waals surface area contributed by atoms with E-state index < -0.39 is 0 Å². The van der Waals surface area contributed by atoms with Crippen molar-refractivity contribution >= 4 is 11.6 Å². The smallest absolute Gasteiger partial charge is 0.222 e. The van der Waals surface area contributed by atoms with E-state index in [0.29, 0.717) is 6.42 Å². The summed E-state index contributed by atoms with van der Waals surface area (Å²) in [6.45, 7) is 9.71. The van der Waals surface area contributed by atoms with Gasteiger partial charge in [-0.1, -0.05) is 12.1 Å². The molecule has 1 saturated heterocycles. The Balaban J connectivity index is 1.91. The minimum Gasteiger partial charge on any atom is -0.368 e. The highest BCUT2D eigenvalue weighted by molar-refractivity contribution is 5.76. The number of hydrogen-bond donors (Lipinski definition) is 1. The first-order chi connectivity index (χ1) is 9.99. The minimum atomic E-state index is 0.102. The summed E-state index contributed by atoms with van der Waals surface area (Å²) in [7, 11) is 0. The molecule has 1 aliphatic rings. The Morgan fingerprint density at radius 2 is 1.90 bits per heavy atom. The highest BCUT2D eigenvalue weighted by atomic mass is 16.2. The van der Waals surface area contributed by atoms with Crippen LogP contribution in [0.3, 0.4) is 0 Å². The monoisotopic (exact) mass is 289 g/mol. The zero-order valence-corrected chi connectivity index (χ0v) is 13.4. The van der Waals surface area contributed by atoms with E-state index in [4.69, 9.17) is 5.73 Å². The molecule has 0 aromatic heterocycles. The summed E-state index contributed by atoms with van der Waals surface area (Å²) in [5, 5.41) is 0. The van der Waals surface area contributed by atoms with Gasteiger partial charge >= 0.3 is 0 Å². The van der Waals surface area contributed by atoms with Crippen LogP contribution in [0.4, 0.5) is 5.69 Å². The molecule has 0 bridgehead atoms. The molecule has 1 aromatic carbocycles. The van der Waals surface area contributed by atoms with E-state index in [1.54, 1.807) is 0 Å². The average Bonchev–Trinajstić information content (AvgIpc) is 2.48. The summed E-state index contributed by atoms with van der Waals surface area (Å²) in [6, 6.07) is 6.53. The normalized spacial score (nSPS) is 17.0. The summed E-state index contributed by atoms with van der Waals surface area (Å²) >= 11 is 0. The van der Waals surface area contributed by atoms with Gasteiger partial charge in [-0.15, -0.1) is 0 Å². The second kappa shape index (κ2) is 6.94. The van der Waals surface area contributed by atoms with E-state index in [2.05, 4.69) is 36.9 Å². The number of piperazine rings is 1. The van der Waals surface area contributed by atoms with Crippen molar-refractivity contribution in [1.29, 1.82) is 0 Å². The SMILES string of the molecule is Cc1cccc(N2CCN(C(=O)CCC(C)N)CC2)c1C. The topological polar surface area (TPSA) is 49.6 Å². The first-order valence-electron chi connectivity index (χ1n) is 7.83. The van der Waals surface area contributed by atoms with Crippen molar-refractivity contribution in [2.75, 3.05) is 31.1 Å². The van der Waals surface area contributed by atoms with Crippen LogP contribution in [0.15, 0.2) is 18.2 Å². The van der Waals surface area contributed by atoms with Crippen LogP contribution < -0.4 is 10.6 Å². The number of amides is 1. The molecular formula is C17H27N3O. The largest absolute Gasteiger partial charge is 0.368 e. The zero-order chi connectivity index (χ0) is 15.4. The van der Waals surface area contributed by atoms with Gasteiger partial charge in [0.1, 0.15) is 0 Å². The molecule has 1 aromatic rings. The third-order valence-electron chi connectivity index (χ3n) is 4.36. The van der Waals surface area contributed by atoms with Crippen molar-refractivity contribution in [3.63, 3.8) is 0 Å². The predicted octanol–water partition coefficient (Wildman–Crippen LogP) is 2.08. The van der Waals surface area contributed by atoms with Crippen LogP contribution in [0.5, 0.6) is 0 Å². The molecule has 0 saturated carbocycles. The number of carbonyl (C=O) groups is 1. The molecule has 2 N–H and O–H groups in total. The summed E-state index contributed by atoms with van der Waals surface area (Å²) < 4.78 is 0. The standard InChI is InChI=1S/C17H27N3O/c1-13-5-4-6-16(15(13)3)19-9-11-20(12-10-19)17(21)8-7-14(2)18/h4-6,14H,7-12,18H2,1-3H3. The second-order valence-corrected chi connectivity index (χ2v) is 6.10. The Kier molecular flexibility index (Phi) is 5.23. The van der Waals surface area contributed by atoms with Crippen LogP contribution in [-0.4, -0.2) is 43.0 Å². The quantitative estimate of drug-likeness (QED) is 0.923. The maximum absolute atomic E-state index is 12.1. The summed E-state index contributed by atoms with van der Waals surface area (Å²) in [5.74, 6) is 0.243. The van der Waals surface area contributed by atoms with Crippen molar-refractivity contribution in [2.45, 2.75) is 39.7 Å². The molecule has 1 heterocycles. The molecule has 116 valence electrons. The molecule has 4 nitrogen and oxygen atoms in total. The number of nitrogens with zero attached hydrogens (tertiary/aromatic N) is 2. The maximum atomic E-state index is 12.1. The van der Waals surface area contributed by atoms with Crippen LogP contribution >= 0.6 is 0 Å². The van der Waals surface area contributed by atoms with Gasteiger partial charge in [-0.3, -0.25) is 4.79 Å². The van der Waals surface area contributed by atoms with Gasteiger partial charge in [0.15, 0.2) is 0 Å². The fraction of sp³-hybridized carbons (Fsp3) is 0.588. The zero-order valence-electron chi connectivity index (χ0n) is 13.4. The van der Waals surface area contributed by atoms with Gasteiger partial charge in [0, 0.05) is 44.3 Å². The highest BCUT2D eigenvalue weighted by Gasteiger charge is 2.22. The van der Waals surface area contributed by atoms with E-state index in [-0.39, 0.29) is 11.9 Å². The van der Waals surface area contributed by atoms with Crippen LogP contribution in [0.1, 0.15) is 30.9 Å². The lowest BCUT2D eigenvalue weighted by Crippen LogP contribution is -2.49. The summed E-state index contributed by atoms with van der Waals surface area (Å²) in [4.78, 5) is 16.5. The molecule has 1 amide bonds. The first-order valence-corrected chi connectivity index (χ1v) is 7.83. The molecule has 1 aliphatic heterocycles. The Hall–Kier alpha value is -1.55. The molecule has 1 fully saturated rings. The average molecular weight is 289 g/mol. The van der Waals surface area contributed by atoms with Gasteiger partial charge in [-0.25, -0.2) is 0 Å². The molecule has 0 spiro atoms. The number of anilines is 1. The van der Waals surface area contributed by atoms with Crippen molar-refractivity contribution in [2.24, 2.45) is 5.73 Å². The van der Waals surface area contributed by atoms with Gasteiger partial charge in [0.2, 0.25) is 5.91 Å². The number of aryl methyl sites for hydroxylation is 1. The lowest BCUT2D eigenvalue weighted by Gasteiger charge is -2.37. The molecule has 21 heavy (non-hydrogen) atoms. The highest BCUT2D eigenvalue weighted by Crippen LogP contribution is 2.24. The number of rotatable bonds is 4. The lowest BCUT2D eigenvalue weighted by atomic mass is 10.1. The second-order valence-electron chi connectivity index (χ2n) is 6.10. The fourth-order valence-corrected chi connectivity index (χ4v) is 2.78. The Labute approximate surface area is 127 Å². The van der Waals surface area contributed by atoms with E-state index in [9.17, 15) is 4.79 Å². The number of carbonyl (C=O) groups excluding carboxylic acids is 1. The van der Waals surface area contributed by atoms with Crippen LogP contribution in [0.25, 0.3) is 0 Å². The molecule has 0 radical (unpaired) electrons. The van der Waals surface area contributed by atoms with Gasteiger partial charge in [0.05, 0.1) is 0 Å². The third-order valence-corrected chi connectivity index (χ3v) is 4.36. The van der Waals surface area contributed by atoms with E-state index in [1.807, 2.05) is 11.8 Å². The van der Waals surface area contributed by atoms with Crippen molar-refractivity contribution in [3.8, 4) is 0 Å². The number of hydrogen-bond acceptors (Lipinski definition) is 3. The van der Waals surface area contributed by atoms with Crippen molar-refractivity contribution in [1.82, 2.24) is 4.90 Å². The Morgan fingerprint density at radius 1 is 1.24 bits per heavy atom. The first kappa shape index (κ1) is 15.8. The van der Waals surface area contributed by atoms with Crippen LogP contribution in [-0.2, 0) is 4.79 Å². The molecule has 2 rings (SSSR count).